The summed E-state index contributed by atoms with van der Waals surface area (Å²) in [6, 6.07) is 23.0. The molecule has 3 aromatic carbocycles. The number of benzene rings is 3. The molecule has 0 N–H and O–H groups in total. The molecular weight excluding hydrogens is 526 g/mol. The Morgan fingerprint density at radius 3 is 2.10 bits per heavy atom. The van der Waals surface area contributed by atoms with E-state index >= 15 is 0 Å². The first-order valence-corrected chi connectivity index (χ1v) is 14.5. The van der Waals surface area contributed by atoms with Crippen LogP contribution in [0, 0.1) is 0 Å². The van der Waals surface area contributed by atoms with E-state index in [-0.39, 0.29) is 17.2 Å². The second-order valence-electron chi connectivity index (χ2n) is 11.6. The van der Waals surface area contributed by atoms with Crippen molar-refractivity contribution in [1.82, 2.24) is 14.7 Å². The van der Waals surface area contributed by atoms with Crippen molar-refractivity contribution >= 4 is 17.9 Å². The third-order valence-corrected chi connectivity index (χ3v) is 7.73. The fraction of sp³-hybridized carbons (Fsp3) is 0.371. The van der Waals surface area contributed by atoms with Crippen LogP contribution in [-0.4, -0.2) is 86.5 Å². The Morgan fingerprint density at radius 1 is 0.833 bits per heavy atom. The number of hydrogen-bond donors (Lipinski definition) is 0. The zero-order valence-electron chi connectivity index (χ0n) is 25.5. The molecule has 7 nitrogen and oxygen atoms in total. The van der Waals surface area contributed by atoms with Crippen molar-refractivity contribution in [3.63, 3.8) is 0 Å². The average molecular weight is 570 g/mol. The topological polar surface area (TPSA) is 62.3 Å². The Hall–Kier alpha value is -4.10. The van der Waals surface area contributed by atoms with Gasteiger partial charge in [0.25, 0.3) is 11.8 Å². The van der Waals surface area contributed by atoms with Crippen LogP contribution in [0.1, 0.15) is 52.6 Å². The highest BCUT2D eigenvalue weighted by atomic mass is 16.5. The van der Waals surface area contributed by atoms with Gasteiger partial charge in [0, 0.05) is 62.5 Å². The minimum absolute atomic E-state index is 0.0325. The first-order chi connectivity index (χ1) is 20.2. The van der Waals surface area contributed by atoms with E-state index in [0.29, 0.717) is 37.5 Å². The summed E-state index contributed by atoms with van der Waals surface area (Å²) < 4.78 is 10.7. The molecule has 0 bridgehead atoms. The van der Waals surface area contributed by atoms with Gasteiger partial charge in [0.2, 0.25) is 0 Å². The number of carbonyl (C=O) groups excluding carboxylic acids is 2. The molecule has 1 fully saturated rings. The van der Waals surface area contributed by atoms with Crippen molar-refractivity contribution in [3.05, 3.63) is 101 Å². The van der Waals surface area contributed by atoms with Gasteiger partial charge in [-0.25, -0.2) is 0 Å². The summed E-state index contributed by atoms with van der Waals surface area (Å²) in [7, 11) is 3.27. The molecule has 4 rings (SSSR count). The molecule has 0 atom stereocenters. The predicted molar refractivity (Wildman–Crippen MR) is 168 cm³/mol. The van der Waals surface area contributed by atoms with E-state index in [9.17, 15) is 9.59 Å². The summed E-state index contributed by atoms with van der Waals surface area (Å²) in [4.78, 5) is 32.8. The maximum absolute atomic E-state index is 13.5. The van der Waals surface area contributed by atoms with Crippen LogP contribution in [0.3, 0.4) is 0 Å². The zero-order chi connectivity index (χ0) is 30.1. The van der Waals surface area contributed by atoms with Crippen molar-refractivity contribution in [1.29, 1.82) is 0 Å². The summed E-state index contributed by atoms with van der Waals surface area (Å²) in [5.41, 5.74) is 3.59. The van der Waals surface area contributed by atoms with E-state index in [4.69, 9.17) is 9.47 Å². The third kappa shape index (κ3) is 8.01. The molecule has 0 unspecified atom stereocenters. The lowest BCUT2D eigenvalue weighted by Crippen LogP contribution is -2.50. The predicted octanol–water partition coefficient (Wildman–Crippen LogP) is 5.61. The molecule has 42 heavy (non-hydrogen) atoms. The van der Waals surface area contributed by atoms with Gasteiger partial charge < -0.3 is 19.3 Å². The molecular formula is C35H43N3O4. The van der Waals surface area contributed by atoms with E-state index in [2.05, 4.69) is 37.8 Å². The van der Waals surface area contributed by atoms with Gasteiger partial charge in [-0.3, -0.25) is 14.5 Å². The molecule has 1 aliphatic heterocycles. The largest absolute Gasteiger partial charge is 0.497 e. The van der Waals surface area contributed by atoms with Gasteiger partial charge in [-0.2, -0.15) is 0 Å². The Balaban J connectivity index is 1.37. The van der Waals surface area contributed by atoms with Crippen LogP contribution in [0.2, 0.25) is 0 Å². The first-order valence-electron chi connectivity index (χ1n) is 14.5. The number of carbonyl (C=O) groups is 2. The van der Waals surface area contributed by atoms with Crippen LogP contribution in [0.4, 0.5) is 0 Å². The fourth-order valence-corrected chi connectivity index (χ4v) is 5.04. The minimum atomic E-state index is -0.0325. The third-order valence-electron chi connectivity index (χ3n) is 7.73. The van der Waals surface area contributed by atoms with Crippen LogP contribution in [0.5, 0.6) is 11.5 Å². The summed E-state index contributed by atoms with van der Waals surface area (Å²) >= 11 is 0. The highest BCUT2D eigenvalue weighted by Crippen LogP contribution is 2.23. The minimum Gasteiger partial charge on any atom is -0.497 e. The van der Waals surface area contributed by atoms with E-state index in [1.54, 1.807) is 26.4 Å². The number of nitrogens with zero attached hydrogens (tertiary/aromatic N) is 3. The number of ether oxygens (including phenoxy) is 2. The lowest BCUT2D eigenvalue weighted by Gasteiger charge is -2.36. The molecule has 0 spiro atoms. The van der Waals surface area contributed by atoms with Crippen LogP contribution < -0.4 is 9.47 Å². The van der Waals surface area contributed by atoms with Gasteiger partial charge in [0.05, 0.1) is 14.2 Å². The summed E-state index contributed by atoms with van der Waals surface area (Å²) in [6.07, 6.45) is 3.99. The maximum atomic E-state index is 13.5. The molecule has 0 radical (unpaired) electrons. The number of rotatable bonds is 10. The highest BCUT2D eigenvalue weighted by Gasteiger charge is 2.24. The molecule has 222 valence electrons. The molecule has 1 heterocycles. The van der Waals surface area contributed by atoms with Crippen LogP contribution in [-0.2, 0) is 5.41 Å². The number of hydrogen-bond acceptors (Lipinski definition) is 5. The number of para-hydroxylation sites is 1. The molecule has 0 saturated carbocycles. The van der Waals surface area contributed by atoms with Gasteiger partial charge in [-0.05, 0) is 53.4 Å². The maximum Gasteiger partial charge on any atom is 0.254 e. The van der Waals surface area contributed by atoms with Gasteiger partial charge >= 0.3 is 0 Å². The summed E-state index contributed by atoms with van der Waals surface area (Å²) in [6.45, 7) is 11.2. The second kappa shape index (κ2) is 14.2. The molecule has 1 aliphatic rings. The van der Waals surface area contributed by atoms with Crippen molar-refractivity contribution in [3.8, 4) is 11.5 Å². The number of methoxy groups -OCH3 is 2. The van der Waals surface area contributed by atoms with Crippen LogP contribution >= 0.6 is 0 Å². The van der Waals surface area contributed by atoms with Crippen molar-refractivity contribution in [2.24, 2.45) is 0 Å². The second-order valence-corrected chi connectivity index (χ2v) is 11.6. The van der Waals surface area contributed by atoms with Gasteiger partial charge in [0.15, 0.2) is 0 Å². The van der Waals surface area contributed by atoms with Crippen molar-refractivity contribution < 1.29 is 19.1 Å². The Morgan fingerprint density at radius 2 is 1.48 bits per heavy atom. The van der Waals surface area contributed by atoms with E-state index in [1.807, 2.05) is 70.5 Å². The van der Waals surface area contributed by atoms with Gasteiger partial charge in [-0.1, -0.05) is 63.3 Å². The monoisotopic (exact) mass is 569 g/mol. The molecule has 2 amide bonds. The number of piperazine rings is 1. The molecule has 7 heteroatoms. The molecule has 0 aliphatic carbocycles. The van der Waals surface area contributed by atoms with Crippen molar-refractivity contribution in [2.75, 3.05) is 60.0 Å². The zero-order valence-corrected chi connectivity index (χ0v) is 25.5. The lowest BCUT2D eigenvalue weighted by molar-refractivity contribution is 0.0609. The molecule has 3 aromatic rings. The van der Waals surface area contributed by atoms with Crippen LogP contribution in [0.25, 0.3) is 6.08 Å². The first kappa shape index (κ1) is 30.8. The summed E-state index contributed by atoms with van der Waals surface area (Å²) in [5, 5.41) is 0. The SMILES string of the molecule is COc1ccc(C(=O)N(C/C=C/c2ccccc2OC)CCN2CCN(C(=O)c3ccc(C(C)(C)C)cc3)CC2)cc1. The van der Waals surface area contributed by atoms with Gasteiger partial charge in [-0.15, -0.1) is 0 Å². The molecule has 0 aromatic heterocycles. The highest BCUT2D eigenvalue weighted by molar-refractivity contribution is 5.95. The average Bonchev–Trinajstić information content (AvgIpc) is 3.02. The quantitative estimate of drug-likeness (QED) is 0.318. The van der Waals surface area contributed by atoms with Crippen molar-refractivity contribution in [2.45, 2.75) is 26.2 Å². The van der Waals surface area contributed by atoms with E-state index in [1.165, 1.54) is 5.56 Å². The summed E-state index contributed by atoms with van der Waals surface area (Å²) in [5.74, 6) is 1.55. The Labute approximate surface area is 250 Å². The molecule has 1 saturated heterocycles. The van der Waals surface area contributed by atoms with E-state index < -0.39 is 0 Å². The van der Waals surface area contributed by atoms with Gasteiger partial charge in [0.1, 0.15) is 11.5 Å². The normalized spacial score (nSPS) is 14.2. The Bertz CT molecular complexity index is 1350. The fourth-order valence-electron chi connectivity index (χ4n) is 5.04. The van der Waals surface area contributed by atoms with Crippen LogP contribution in [0.15, 0.2) is 78.9 Å². The van der Waals surface area contributed by atoms with E-state index in [0.717, 1.165) is 36.5 Å². The lowest BCUT2D eigenvalue weighted by atomic mass is 9.86. The number of amides is 2. The smallest absolute Gasteiger partial charge is 0.254 e. The Kier molecular flexibility index (Phi) is 10.4. The standard InChI is InChI=1S/C35H43N3O4/c1-35(2,3)30-16-12-28(13-17-30)34(40)38-25-22-36(23-26-38)21-24-37(33(39)29-14-18-31(41-4)19-15-29)20-8-10-27-9-6-7-11-32(27)42-5/h6-19H,20-26H2,1-5H3/b10-8+.